The fourth-order valence-corrected chi connectivity index (χ4v) is 2.90. The number of benzene rings is 1. The Morgan fingerprint density at radius 3 is 2.67 bits per heavy atom. The van der Waals surface area contributed by atoms with Crippen LogP contribution in [0.5, 0.6) is 11.5 Å². The molecule has 2 atom stereocenters. The molecule has 4 nitrogen and oxygen atoms in total. The maximum absolute atomic E-state index is 9.19. The standard InChI is InChI=1S/C16H21NO3S/c1-3-12(17)16(15-5-4-8-21-15)20-13-7-6-11(10-18)9-14(13)19-2/h4-9,12,16,18H,3,10,17H2,1-2H3. The summed E-state index contributed by atoms with van der Waals surface area (Å²) < 4.78 is 11.5. The number of rotatable bonds is 7. The number of ether oxygens (including phenoxy) is 2. The summed E-state index contributed by atoms with van der Waals surface area (Å²) in [5.74, 6) is 1.24. The molecule has 114 valence electrons. The minimum atomic E-state index is -0.205. The van der Waals surface area contributed by atoms with Crippen LogP contribution in [0.2, 0.25) is 0 Å². The second kappa shape index (κ2) is 7.45. The first kappa shape index (κ1) is 15.8. The van der Waals surface area contributed by atoms with Gasteiger partial charge in [-0.15, -0.1) is 11.3 Å². The van der Waals surface area contributed by atoms with Crippen molar-refractivity contribution in [2.75, 3.05) is 7.11 Å². The lowest BCUT2D eigenvalue weighted by atomic mass is 10.1. The van der Waals surface area contributed by atoms with Crippen molar-refractivity contribution in [1.82, 2.24) is 0 Å². The fraction of sp³-hybridized carbons (Fsp3) is 0.375. The Labute approximate surface area is 129 Å². The quantitative estimate of drug-likeness (QED) is 0.825. The highest BCUT2D eigenvalue weighted by atomic mass is 32.1. The summed E-state index contributed by atoms with van der Waals surface area (Å²) in [4.78, 5) is 1.10. The van der Waals surface area contributed by atoms with E-state index in [4.69, 9.17) is 15.2 Å². The first-order valence-corrected chi connectivity index (χ1v) is 7.81. The minimum Gasteiger partial charge on any atom is -0.493 e. The predicted molar refractivity (Wildman–Crippen MR) is 84.9 cm³/mol. The summed E-state index contributed by atoms with van der Waals surface area (Å²) in [6, 6.07) is 9.34. The molecule has 0 radical (unpaired) electrons. The molecule has 1 aromatic carbocycles. The zero-order valence-electron chi connectivity index (χ0n) is 12.3. The van der Waals surface area contributed by atoms with E-state index in [1.54, 1.807) is 24.5 Å². The number of thiophene rings is 1. The molecule has 21 heavy (non-hydrogen) atoms. The van der Waals surface area contributed by atoms with Crippen LogP contribution >= 0.6 is 11.3 Å². The van der Waals surface area contributed by atoms with E-state index in [0.29, 0.717) is 11.5 Å². The molecule has 0 amide bonds. The Hall–Kier alpha value is -1.56. The zero-order chi connectivity index (χ0) is 15.2. The average molecular weight is 307 g/mol. The summed E-state index contributed by atoms with van der Waals surface area (Å²) in [5, 5.41) is 11.2. The monoisotopic (exact) mass is 307 g/mol. The van der Waals surface area contributed by atoms with Gasteiger partial charge in [-0.05, 0) is 35.6 Å². The van der Waals surface area contributed by atoms with Crippen molar-refractivity contribution in [3.8, 4) is 11.5 Å². The normalized spacial score (nSPS) is 13.7. The van der Waals surface area contributed by atoms with Crippen molar-refractivity contribution in [3.05, 3.63) is 46.2 Å². The molecule has 0 fully saturated rings. The van der Waals surface area contributed by atoms with Crippen molar-refractivity contribution >= 4 is 11.3 Å². The smallest absolute Gasteiger partial charge is 0.162 e. The van der Waals surface area contributed by atoms with E-state index in [9.17, 15) is 5.11 Å². The van der Waals surface area contributed by atoms with Crippen molar-refractivity contribution in [1.29, 1.82) is 0 Å². The van der Waals surface area contributed by atoms with Gasteiger partial charge in [0.1, 0.15) is 6.10 Å². The number of aliphatic hydroxyl groups excluding tert-OH is 1. The summed E-state index contributed by atoms with van der Waals surface area (Å²) >= 11 is 1.63. The topological polar surface area (TPSA) is 64.7 Å². The molecule has 1 heterocycles. The molecule has 5 heteroatoms. The van der Waals surface area contributed by atoms with Crippen molar-refractivity contribution < 1.29 is 14.6 Å². The third kappa shape index (κ3) is 3.75. The number of hydrogen-bond acceptors (Lipinski definition) is 5. The first-order chi connectivity index (χ1) is 10.2. The van der Waals surface area contributed by atoms with Gasteiger partial charge in [-0.1, -0.05) is 19.1 Å². The molecule has 2 unspecified atom stereocenters. The Kier molecular flexibility index (Phi) is 5.61. The van der Waals surface area contributed by atoms with Gasteiger partial charge in [0.05, 0.1) is 13.7 Å². The Morgan fingerprint density at radius 2 is 2.10 bits per heavy atom. The van der Waals surface area contributed by atoms with Crippen LogP contribution in [0.25, 0.3) is 0 Å². The van der Waals surface area contributed by atoms with E-state index >= 15 is 0 Å². The molecule has 2 aromatic rings. The van der Waals surface area contributed by atoms with Crippen molar-refractivity contribution in [2.24, 2.45) is 5.73 Å². The highest BCUT2D eigenvalue weighted by Crippen LogP contribution is 2.34. The number of hydrogen-bond donors (Lipinski definition) is 2. The van der Waals surface area contributed by atoms with E-state index in [1.165, 1.54) is 0 Å². The van der Waals surface area contributed by atoms with Gasteiger partial charge in [0, 0.05) is 10.9 Å². The van der Waals surface area contributed by atoms with Crippen LogP contribution in [0.3, 0.4) is 0 Å². The van der Waals surface area contributed by atoms with Gasteiger partial charge in [-0.3, -0.25) is 0 Å². The summed E-state index contributed by atoms with van der Waals surface area (Å²) in [5.41, 5.74) is 6.99. The molecule has 0 aliphatic rings. The molecule has 3 N–H and O–H groups in total. The van der Waals surface area contributed by atoms with Gasteiger partial charge < -0.3 is 20.3 Å². The van der Waals surface area contributed by atoms with E-state index in [-0.39, 0.29) is 18.8 Å². The van der Waals surface area contributed by atoms with Crippen LogP contribution in [0.15, 0.2) is 35.7 Å². The Bertz CT molecular complexity index is 557. The molecule has 0 aliphatic carbocycles. The Morgan fingerprint density at radius 1 is 1.29 bits per heavy atom. The SMILES string of the molecule is CCC(N)C(Oc1ccc(CO)cc1OC)c1cccs1. The van der Waals surface area contributed by atoms with Crippen LogP contribution in [0.1, 0.15) is 29.9 Å². The second-order valence-corrected chi connectivity index (χ2v) is 5.75. The van der Waals surface area contributed by atoms with Crippen molar-refractivity contribution in [2.45, 2.75) is 32.1 Å². The summed E-state index contributed by atoms with van der Waals surface area (Å²) in [6.07, 6.45) is 0.614. The lowest BCUT2D eigenvalue weighted by Gasteiger charge is -2.24. The molecule has 0 aliphatic heterocycles. The highest BCUT2D eigenvalue weighted by Gasteiger charge is 2.23. The Balaban J connectivity index is 2.28. The minimum absolute atomic E-state index is 0.0283. The second-order valence-electron chi connectivity index (χ2n) is 4.77. The predicted octanol–water partition coefficient (Wildman–Crippen LogP) is 3.11. The van der Waals surface area contributed by atoms with Crippen LogP contribution in [0, 0.1) is 0 Å². The first-order valence-electron chi connectivity index (χ1n) is 6.93. The molecule has 0 saturated heterocycles. The maximum atomic E-state index is 9.19. The maximum Gasteiger partial charge on any atom is 0.162 e. The fourth-order valence-electron chi connectivity index (χ4n) is 2.07. The lowest BCUT2D eigenvalue weighted by molar-refractivity contribution is 0.167. The summed E-state index contributed by atoms with van der Waals surface area (Å²) in [6.45, 7) is 2.01. The molecule has 0 bridgehead atoms. The van der Waals surface area contributed by atoms with E-state index < -0.39 is 0 Å². The van der Waals surface area contributed by atoms with E-state index in [1.807, 2.05) is 36.6 Å². The molecule has 0 spiro atoms. The van der Waals surface area contributed by atoms with E-state index in [2.05, 4.69) is 0 Å². The average Bonchev–Trinajstić information content (AvgIpc) is 3.05. The van der Waals surface area contributed by atoms with Crippen LogP contribution in [0.4, 0.5) is 0 Å². The van der Waals surface area contributed by atoms with Gasteiger partial charge in [0.15, 0.2) is 11.5 Å². The number of aliphatic hydroxyl groups is 1. The number of methoxy groups -OCH3 is 1. The largest absolute Gasteiger partial charge is 0.493 e. The van der Waals surface area contributed by atoms with Crippen LogP contribution in [-0.2, 0) is 6.61 Å². The number of nitrogens with two attached hydrogens (primary N) is 1. The van der Waals surface area contributed by atoms with Gasteiger partial charge in [0.25, 0.3) is 0 Å². The molecular weight excluding hydrogens is 286 g/mol. The third-order valence-electron chi connectivity index (χ3n) is 3.35. The van der Waals surface area contributed by atoms with Gasteiger partial charge in [0.2, 0.25) is 0 Å². The molecular formula is C16H21NO3S. The van der Waals surface area contributed by atoms with Crippen LogP contribution in [-0.4, -0.2) is 18.3 Å². The van der Waals surface area contributed by atoms with Gasteiger partial charge in [-0.25, -0.2) is 0 Å². The molecule has 0 saturated carbocycles. The third-order valence-corrected chi connectivity index (χ3v) is 4.28. The molecule has 1 aromatic heterocycles. The molecule has 2 rings (SSSR count). The van der Waals surface area contributed by atoms with Gasteiger partial charge >= 0.3 is 0 Å². The van der Waals surface area contributed by atoms with Crippen LogP contribution < -0.4 is 15.2 Å². The van der Waals surface area contributed by atoms with Crippen molar-refractivity contribution in [3.63, 3.8) is 0 Å². The zero-order valence-corrected chi connectivity index (χ0v) is 13.1. The summed E-state index contributed by atoms with van der Waals surface area (Å²) in [7, 11) is 1.59. The lowest BCUT2D eigenvalue weighted by Crippen LogP contribution is -2.31. The van der Waals surface area contributed by atoms with Gasteiger partial charge in [-0.2, -0.15) is 0 Å². The highest BCUT2D eigenvalue weighted by molar-refractivity contribution is 7.10. The van der Waals surface area contributed by atoms with E-state index in [0.717, 1.165) is 16.9 Å².